The highest BCUT2D eigenvalue weighted by molar-refractivity contribution is 7.84. The Labute approximate surface area is 54.7 Å². The zero-order chi connectivity index (χ0) is 5.98. The number of hydrogen-bond acceptors (Lipinski definition) is 2. The average Bonchev–Trinajstić information content (AvgIpc) is 1.77. The number of thiol groups is 1. The predicted octanol–water partition coefficient (Wildman–Crippen LogP) is 1.09. The maximum atomic E-state index is 5.53. The number of hydrogen-bond donors (Lipinski definition) is 2. The number of nitrogens with two attached hydrogens (primary N) is 1. The molecule has 0 heterocycles. The Balaban J connectivity index is 2.58. The summed E-state index contributed by atoms with van der Waals surface area (Å²) in [4.78, 5) is 1.02. The van der Waals surface area contributed by atoms with Gasteiger partial charge in [0.2, 0.25) is 0 Å². The summed E-state index contributed by atoms with van der Waals surface area (Å²) >= 11 is 4.12. The third-order valence-corrected chi connectivity index (χ3v) is 1.44. The van der Waals surface area contributed by atoms with Crippen LogP contribution >= 0.6 is 12.6 Å². The molecule has 0 amide bonds. The van der Waals surface area contributed by atoms with Gasteiger partial charge >= 0.3 is 0 Å². The van der Waals surface area contributed by atoms with Gasteiger partial charge in [0, 0.05) is 6.04 Å². The van der Waals surface area contributed by atoms with Crippen molar-refractivity contribution in [2.45, 2.75) is 12.5 Å². The minimum Gasteiger partial charge on any atom is -0.324 e. The standard InChI is InChI=1S/C6H9NS/c7-5-1-3-6(8)4-2-5/h1,3-5,8H,2,7H2. The molecule has 0 saturated carbocycles. The summed E-state index contributed by atoms with van der Waals surface area (Å²) in [5, 5.41) is 0. The molecule has 0 saturated heterocycles. The second-order valence-electron chi connectivity index (χ2n) is 1.89. The fourth-order valence-electron chi connectivity index (χ4n) is 0.626. The predicted molar refractivity (Wildman–Crippen MR) is 38.8 cm³/mol. The summed E-state index contributed by atoms with van der Waals surface area (Å²) in [6.45, 7) is 0. The first-order valence-electron chi connectivity index (χ1n) is 2.62. The van der Waals surface area contributed by atoms with Crippen molar-refractivity contribution >= 4 is 12.6 Å². The lowest BCUT2D eigenvalue weighted by Crippen LogP contribution is -2.16. The molecule has 2 N–H and O–H groups in total. The van der Waals surface area contributed by atoms with E-state index in [0.717, 1.165) is 11.3 Å². The van der Waals surface area contributed by atoms with Crippen LogP contribution in [0.2, 0.25) is 0 Å². The maximum absolute atomic E-state index is 5.53. The molecule has 1 aliphatic carbocycles. The first-order valence-corrected chi connectivity index (χ1v) is 3.06. The minimum absolute atomic E-state index is 0.214. The second kappa shape index (κ2) is 2.37. The zero-order valence-corrected chi connectivity index (χ0v) is 5.44. The van der Waals surface area contributed by atoms with E-state index in [4.69, 9.17) is 5.73 Å². The van der Waals surface area contributed by atoms with Crippen molar-refractivity contribution in [2.24, 2.45) is 5.73 Å². The summed E-state index contributed by atoms with van der Waals surface area (Å²) in [6, 6.07) is 0.214. The van der Waals surface area contributed by atoms with Crippen molar-refractivity contribution in [1.29, 1.82) is 0 Å². The SMILES string of the molecule is NC1C=CC(S)=CC1. The van der Waals surface area contributed by atoms with Gasteiger partial charge in [0.1, 0.15) is 0 Å². The van der Waals surface area contributed by atoms with Gasteiger partial charge in [-0.25, -0.2) is 0 Å². The largest absolute Gasteiger partial charge is 0.324 e. The molecule has 1 atom stereocenters. The molecule has 1 aliphatic rings. The first-order chi connectivity index (χ1) is 3.79. The van der Waals surface area contributed by atoms with Gasteiger partial charge in [0.05, 0.1) is 0 Å². The van der Waals surface area contributed by atoms with Gasteiger partial charge in [-0.2, -0.15) is 0 Å². The van der Waals surface area contributed by atoms with E-state index >= 15 is 0 Å². The fourth-order valence-corrected chi connectivity index (χ4v) is 0.817. The lowest BCUT2D eigenvalue weighted by molar-refractivity contribution is 0.824. The van der Waals surface area contributed by atoms with E-state index in [0.29, 0.717) is 0 Å². The Kier molecular flexibility index (Phi) is 1.76. The first kappa shape index (κ1) is 5.92. The Bertz CT molecular complexity index is 137. The Morgan fingerprint density at radius 1 is 1.75 bits per heavy atom. The summed E-state index contributed by atoms with van der Waals surface area (Å²) < 4.78 is 0. The van der Waals surface area contributed by atoms with Crippen LogP contribution in [-0.4, -0.2) is 6.04 Å². The molecule has 2 heteroatoms. The lowest BCUT2D eigenvalue weighted by atomic mass is 10.1. The molecular formula is C6H9NS. The minimum atomic E-state index is 0.214. The van der Waals surface area contributed by atoms with Crippen LogP contribution in [0, 0.1) is 0 Å². The van der Waals surface area contributed by atoms with E-state index in [2.05, 4.69) is 12.6 Å². The number of rotatable bonds is 0. The topological polar surface area (TPSA) is 26.0 Å². The second-order valence-corrected chi connectivity index (χ2v) is 2.40. The van der Waals surface area contributed by atoms with Crippen LogP contribution in [0.5, 0.6) is 0 Å². The zero-order valence-electron chi connectivity index (χ0n) is 4.54. The van der Waals surface area contributed by atoms with Crippen LogP contribution in [-0.2, 0) is 0 Å². The van der Waals surface area contributed by atoms with Gasteiger partial charge in [-0.3, -0.25) is 0 Å². The third kappa shape index (κ3) is 1.39. The van der Waals surface area contributed by atoms with Crippen LogP contribution in [0.15, 0.2) is 23.1 Å². The van der Waals surface area contributed by atoms with Crippen molar-refractivity contribution in [3.05, 3.63) is 23.1 Å². The molecule has 1 nitrogen and oxygen atoms in total. The lowest BCUT2D eigenvalue weighted by Gasteiger charge is -2.06. The van der Waals surface area contributed by atoms with Crippen LogP contribution in [0.3, 0.4) is 0 Å². The molecule has 0 aromatic carbocycles. The van der Waals surface area contributed by atoms with E-state index in [9.17, 15) is 0 Å². The van der Waals surface area contributed by atoms with Crippen LogP contribution in [0.4, 0.5) is 0 Å². The van der Waals surface area contributed by atoms with E-state index in [1.165, 1.54) is 0 Å². The molecule has 0 aliphatic heterocycles. The highest BCUT2D eigenvalue weighted by Gasteiger charge is 1.98. The summed E-state index contributed by atoms with van der Waals surface area (Å²) in [5.41, 5.74) is 5.53. The van der Waals surface area contributed by atoms with Gasteiger partial charge in [-0.15, -0.1) is 12.6 Å². The molecule has 0 aromatic rings. The molecule has 1 unspecified atom stereocenters. The van der Waals surface area contributed by atoms with Crippen LogP contribution in [0.1, 0.15) is 6.42 Å². The third-order valence-electron chi connectivity index (χ3n) is 1.11. The molecular weight excluding hydrogens is 118 g/mol. The smallest absolute Gasteiger partial charge is 0.0262 e. The Hall–Kier alpha value is -0.210. The maximum Gasteiger partial charge on any atom is 0.0262 e. The Morgan fingerprint density at radius 3 is 2.88 bits per heavy atom. The average molecular weight is 127 g/mol. The van der Waals surface area contributed by atoms with Crippen molar-refractivity contribution < 1.29 is 0 Å². The van der Waals surface area contributed by atoms with Gasteiger partial charge in [0.25, 0.3) is 0 Å². The van der Waals surface area contributed by atoms with Gasteiger partial charge in [-0.05, 0) is 11.3 Å². The van der Waals surface area contributed by atoms with Gasteiger partial charge in [0.15, 0.2) is 0 Å². The molecule has 1 rings (SSSR count). The van der Waals surface area contributed by atoms with Gasteiger partial charge < -0.3 is 5.73 Å². The molecule has 0 fully saturated rings. The highest BCUT2D eigenvalue weighted by atomic mass is 32.1. The Morgan fingerprint density at radius 2 is 2.50 bits per heavy atom. The summed E-state index contributed by atoms with van der Waals surface area (Å²) in [5.74, 6) is 0. The monoisotopic (exact) mass is 127 g/mol. The molecule has 0 radical (unpaired) electrons. The molecule has 0 spiro atoms. The molecule has 8 heavy (non-hydrogen) atoms. The van der Waals surface area contributed by atoms with Crippen molar-refractivity contribution in [2.75, 3.05) is 0 Å². The quantitative estimate of drug-likeness (QED) is 0.468. The van der Waals surface area contributed by atoms with Crippen molar-refractivity contribution in [3.8, 4) is 0 Å². The normalized spacial score (nSPS) is 27.8. The molecule has 44 valence electrons. The van der Waals surface area contributed by atoms with Crippen molar-refractivity contribution in [1.82, 2.24) is 0 Å². The fraction of sp³-hybridized carbons (Fsp3) is 0.333. The van der Waals surface area contributed by atoms with Gasteiger partial charge in [-0.1, -0.05) is 18.2 Å². The van der Waals surface area contributed by atoms with Crippen LogP contribution in [0.25, 0.3) is 0 Å². The molecule has 0 aromatic heterocycles. The van der Waals surface area contributed by atoms with E-state index in [1.54, 1.807) is 0 Å². The van der Waals surface area contributed by atoms with Crippen molar-refractivity contribution in [3.63, 3.8) is 0 Å². The van der Waals surface area contributed by atoms with E-state index < -0.39 is 0 Å². The molecule has 0 bridgehead atoms. The van der Waals surface area contributed by atoms with Crippen LogP contribution < -0.4 is 5.73 Å². The highest BCUT2D eigenvalue weighted by Crippen LogP contribution is 2.10. The summed E-state index contributed by atoms with van der Waals surface area (Å²) in [7, 11) is 0. The summed E-state index contributed by atoms with van der Waals surface area (Å²) in [6.07, 6.45) is 6.84. The van der Waals surface area contributed by atoms with E-state index in [1.807, 2.05) is 18.2 Å². The van der Waals surface area contributed by atoms with E-state index in [-0.39, 0.29) is 6.04 Å². The number of allylic oxidation sites excluding steroid dienone is 1.